The lowest BCUT2D eigenvalue weighted by Gasteiger charge is -2.10. The van der Waals surface area contributed by atoms with Crippen molar-refractivity contribution >= 4 is 17.0 Å². The summed E-state index contributed by atoms with van der Waals surface area (Å²) in [5.41, 5.74) is 1.47. The lowest BCUT2D eigenvalue weighted by atomic mass is 10.2. The van der Waals surface area contributed by atoms with Crippen LogP contribution in [-0.2, 0) is 11.3 Å². The van der Waals surface area contributed by atoms with Gasteiger partial charge in [-0.25, -0.2) is 14.6 Å². The molecule has 1 N–H and O–H groups in total. The molecule has 1 unspecified atom stereocenters. The molecule has 7 heteroatoms. The molecule has 3 rings (SSSR count). The SMILES string of the molecule is CC(C)Nc1ncnc2c1nnn2CC1CCCO1. The molecule has 1 atom stereocenters. The summed E-state index contributed by atoms with van der Waals surface area (Å²) in [5, 5.41) is 11.6. The third-order valence-electron chi connectivity index (χ3n) is 3.13. The molecule has 2 aromatic rings. The number of aromatic nitrogens is 5. The first kappa shape index (κ1) is 12.3. The quantitative estimate of drug-likeness (QED) is 0.892. The largest absolute Gasteiger partial charge is 0.376 e. The zero-order valence-electron chi connectivity index (χ0n) is 11.2. The van der Waals surface area contributed by atoms with Crippen LogP contribution in [0.2, 0.25) is 0 Å². The van der Waals surface area contributed by atoms with Gasteiger partial charge in [-0.15, -0.1) is 5.10 Å². The van der Waals surface area contributed by atoms with Gasteiger partial charge in [-0.05, 0) is 26.7 Å². The molecule has 1 saturated heterocycles. The first-order valence-corrected chi connectivity index (χ1v) is 6.66. The third-order valence-corrected chi connectivity index (χ3v) is 3.13. The standard InChI is InChI=1S/C12H18N6O/c1-8(2)15-11-10-12(14-7-13-11)18(17-16-10)6-9-4-3-5-19-9/h7-9H,3-6H2,1-2H3,(H,13,14,15). The number of hydrogen-bond donors (Lipinski definition) is 1. The van der Waals surface area contributed by atoms with Crippen molar-refractivity contribution in [2.24, 2.45) is 0 Å². The zero-order chi connectivity index (χ0) is 13.2. The van der Waals surface area contributed by atoms with Crippen LogP contribution in [0.1, 0.15) is 26.7 Å². The summed E-state index contributed by atoms with van der Waals surface area (Å²) in [4.78, 5) is 8.51. The highest BCUT2D eigenvalue weighted by Gasteiger charge is 2.19. The Morgan fingerprint density at radius 1 is 1.47 bits per heavy atom. The van der Waals surface area contributed by atoms with Crippen molar-refractivity contribution in [2.75, 3.05) is 11.9 Å². The van der Waals surface area contributed by atoms with E-state index in [2.05, 4.69) is 39.4 Å². The molecule has 0 saturated carbocycles. The molecular weight excluding hydrogens is 244 g/mol. The van der Waals surface area contributed by atoms with Crippen LogP contribution in [0, 0.1) is 0 Å². The molecule has 1 aliphatic rings. The number of anilines is 1. The van der Waals surface area contributed by atoms with Crippen LogP contribution in [0.4, 0.5) is 5.82 Å². The Balaban J connectivity index is 1.89. The molecule has 3 heterocycles. The van der Waals surface area contributed by atoms with Gasteiger partial charge in [0, 0.05) is 12.6 Å². The van der Waals surface area contributed by atoms with Gasteiger partial charge in [-0.3, -0.25) is 0 Å². The van der Waals surface area contributed by atoms with Crippen LogP contribution in [-0.4, -0.2) is 43.7 Å². The van der Waals surface area contributed by atoms with Crippen molar-refractivity contribution in [3.63, 3.8) is 0 Å². The van der Waals surface area contributed by atoms with Gasteiger partial charge in [0.15, 0.2) is 17.0 Å². The molecule has 1 aliphatic heterocycles. The molecule has 2 aromatic heterocycles. The van der Waals surface area contributed by atoms with Crippen molar-refractivity contribution in [3.05, 3.63) is 6.33 Å². The molecule has 0 amide bonds. The number of rotatable bonds is 4. The Bertz CT molecular complexity index is 560. The molecule has 0 radical (unpaired) electrons. The number of ether oxygens (including phenoxy) is 1. The van der Waals surface area contributed by atoms with Gasteiger partial charge in [-0.2, -0.15) is 0 Å². The lowest BCUT2D eigenvalue weighted by Crippen LogP contribution is -2.16. The predicted molar refractivity (Wildman–Crippen MR) is 70.9 cm³/mol. The van der Waals surface area contributed by atoms with E-state index < -0.39 is 0 Å². The Kier molecular flexibility index (Phi) is 3.29. The lowest BCUT2D eigenvalue weighted by molar-refractivity contribution is 0.0944. The second-order valence-corrected chi connectivity index (χ2v) is 5.10. The van der Waals surface area contributed by atoms with E-state index in [0.29, 0.717) is 18.1 Å². The van der Waals surface area contributed by atoms with Crippen molar-refractivity contribution < 1.29 is 4.74 Å². The average Bonchev–Trinajstić information content (AvgIpc) is 3.00. The van der Waals surface area contributed by atoms with Gasteiger partial charge >= 0.3 is 0 Å². The summed E-state index contributed by atoms with van der Waals surface area (Å²) in [6.45, 7) is 5.66. The smallest absolute Gasteiger partial charge is 0.183 e. The predicted octanol–water partition coefficient (Wildman–Crippen LogP) is 1.22. The highest BCUT2D eigenvalue weighted by atomic mass is 16.5. The third kappa shape index (κ3) is 2.51. The maximum absolute atomic E-state index is 5.62. The van der Waals surface area contributed by atoms with E-state index in [-0.39, 0.29) is 6.10 Å². The molecule has 0 spiro atoms. The van der Waals surface area contributed by atoms with E-state index in [4.69, 9.17) is 4.74 Å². The van der Waals surface area contributed by atoms with E-state index >= 15 is 0 Å². The van der Waals surface area contributed by atoms with Gasteiger partial charge in [0.05, 0.1) is 12.6 Å². The Morgan fingerprint density at radius 2 is 2.37 bits per heavy atom. The van der Waals surface area contributed by atoms with Gasteiger partial charge in [0.2, 0.25) is 0 Å². The summed E-state index contributed by atoms with van der Waals surface area (Å²) in [7, 11) is 0. The van der Waals surface area contributed by atoms with E-state index in [1.165, 1.54) is 0 Å². The fourth-order valence-electron chi connectivity index (χ4n) is 2.27. The van der Waals surface area contributed by atoms with Crippen molar-refractivity contribution in [3.8, 4) is 0 Å². The fourth-order valence-corrected chi connectivity index (χ4v) is 2.27. The first-order valence-electron chi connectivity index (χ1n) is 6.66. The molecule has 0 aliphatic carbocycles. The molecule has 102 valence electrons. The second-order valence-electron chi connectivity index (χ2n) is 5.10. The fraction of sp³-hybridized carbons (Fsp3) is 0.667. The normalized spacial score (nSPS) is 19.4. The Hall–Kier alpha value is -1.76. The van der Waals surface area contributed by atoms with Gasteiger partial charge in [0.25, 0.3) is 0 Å². The maximum atomic E-state index is 5.62. The molecule has 0 aromatic carbocycles. The molecule has 19 heavy (non-hydrogen) atoms. The second kappa shape index (κ2) is 5.08. The average molecular weight is 262 g/mol. The first-order chi connectivity index (χ1) is 9.24. The minimum atomic E-state index is 0.223. The monoisotopic (exact) mass is 262 g/mol. The van der Waals surface area contributed by atoms with E-state index in [0.717, 1.165) is 30.9 Å². The highest BCUT2D eigenvalue weighted by molar-refractivity contribution is 5.81. The molecule has 1 fully saturated rings. The summed E-state index contributed by atoms with van der Waals surface area (Å²) in [6, 6.07) is 0.293. The summed E-state index contributed by atoms with van der Waals surface area (Å²) in [6.07, 6.45) is 3.96. The van der Waals surface area contributed by atoms with E-state index in [1.54, 1.807) is 11.0 Å². The molecule has 0 bridgehead atoms. The summed E-state index contributed by atoms with van der Waals surface area (Å²) >= 11 is 0. The van der Waals surface area contributed by atoms with Gasteiger partial charge < -0.3 is 10.1 Å². The van der Waals surface area contributed by atoms with E-state index in [1.807, 2.05) is 0 Å². The minimum absolute atomic E-state index is 0.223. The van der Waals surface area contributed by atoms with Crippen molar-refractivity contribution in [1.82, 2.24) is 25.0 Å². The number of fused-ring (bicyclic) bond motifs is 1. The van der Waals surface area contributed by atoms with Gasteiger partial charge in [0.1, 0.15) is 6.33 Å². The van der Waals surface area contributed by atoms with Crippen LogP contribution in [0.3, 0.4) is 0 Å². The number of hydrogen-bond acceptors (Lipinski definition) is 6. The van der Waals surface area contributed by atoms with Crippen LogP contribution in [0.5, 0.6) is 0 Å². The molecular formula is C12H18N6O. The topological polar surface area (TPSA) is 77.8 Å². The highest BCUT2D eigenvalue weighted by Crippen LogP contribution is 2.19. The van der Waals surface area contributed by atoms with Crippen molar-refractivity contribution in [2.45, 2.75) is 45.4 Å². The zero-order valence-corrected chi connectivity index (χ0v) is 11.2. The van der Waals surface area contributed by atoms with Crippen LogP contribution in [0.25, 0.3) is 11.2 Å². The Morgan fingerprint density at radius 3 is 3.11 bits per heavy atom. The summed E-state index contributed by atoms with van der Waals surface area (Å²) < 4.78 is 7.43. The maximum Gasteiger partial charge on any atom is 0.183 e. The van der Waals surface area contributed by atoms with Gasteiger partial charge in [-0.1, -0.05) is 5.21 Å². The van der Waals surface area contributed by atoms with Crippen LogP contribution in [0.15, 0.2) is 6.33 Å². The van der Waals surface area contributed by atoms with Crippen molar-refractivity contribution in [1.29, 1.82) is 0 Å². The number of nitrogens with one attached hydrogen (secondary N) is 1. The van der Waals surface area contributed by atoms with Crippen LogP contribution >= 0.6 is 0 Å². The summed E-state index contributed by atoms with van der Waals surface area (Å²) in [5.74, 6) is 0.735. The van der Waals surface area contributed by atoms with Crippen LogP contribution < -0.4 is 5.32 Å². The minimum Gasteiger partial charge on any atom is -0.376 e. The molecule has 7 nitrogen and oxygen atoms in total. The Labute approximate surface area is 111 Å². The number of nitrogens with zero attached hydrogens (tertiary/aromatic N) is 5. The van der Waals surface area contributed by atoms with E-state index in [9.17, 15) is 0 Å².